The molecule has 0 saturated heterocycles. The number of hydrogen-bond acceptors (Lipinski definition) is 6. The third kappa shape index (κ3) is 4.48. The first-order valence-corrected chi connectivity index (χ1v) is 9.21. The van der Waals surface area contributed by atoms with E-state index in [4.69, 9.17) is 10.5 Å². The van der Waals surface area contributed by atoms with Crippen LogP contribution in [0.5, 0.6) is 5.75 Å². The maximum absolute atomic E-state index is 10.3. The van der Waals surface area contributed by atoms with Crippen molar-refractivity contribution in [3.8, 4) is 5.75 Å². The largest absolute Gasteiger partial charge is 0.487 e. The maximum atomic E-state index is 10.3. The Hall–Kier alpha value is -1.96. The lowest BCUT2D eigenvalue weighted by molar-refractivity contribution is -0.157. The van der Waals surface area contributed by atoms with Crippen molar-refractivity contribution in [1.29, 1.82) is 0 Å². The summed E-state index contributed by atoms with van der Waals surface area (Å²) in [4.78, 5) is 0. The third-order valence-corrected chi connectivity index (χ3v) is 5.24. The Bertz CT molecular complexity index is 734. The molecule has 2 aromatic rings. The van der Waals surface area contributed by atoms with Gasteiger partial charge in [0.2, 0.25) is 0 Å². The van der Waals surface area contributed by atoms with E-state index in [1.54, 1.807) is 0 Å². The number of nitrogens with two attached hydrogens (primary N) is 1. The second-order valence-corrected chi connectivity index (χ2v) is 7.11. The average molecular weight is 373 g/mol. The minimum atomic E-state index is -1.35. The van der Waals surface area contributed by atoms with Crippen LogP contribution in [0.25, 0.3) is 0 Å². The monoisotopic (exact) mass is 373 g/mol. The first-order chi connectivity index (χ1) is 13.0. The molecule has 2 aromatic carbocycles. The molecule has 146 valence electrons. The molecular weight excluding hydrogens is 346 g/mol. The second kappa shape index (κ2) is 8.82. The Kier molecular flexibility index (Phi) is 6.46. The van der Waals surface area contributed by atoms with Gasteiger partial charge in [0.15, 0.2) is 0 Å². The highest BCUT2D eigenvalue weighted by Gasteiger charge is 2.43. The first-order valence-electron chi connectivity index (χ1n) is 9.21. The molecule has 3 rings (SSSR count). The molecule has 0 radical (unpaired) electrons. The molecule has 1 aliphatic rings. The molecule has 1 fully saturated rings. The molecule has 1 aliphatic carbocycles. The van der Waals surface area contributed by atoms with Gasteiger partial charge in [-0.25, -0.2) is 0 Å². The van der Waals surface area contributed by atoms with E-state index in [1.807, 2.05) is 48.5 Å². The third-order valence-electron chi connectivity index (χ3n) is 5.24. The quantitative estimate of drug-likeness (QED) is 0.506. The molecule has 0 unspecified atom stereocenters. The lowest BCUT2D eigenvalue weighted by Crippen LogP contribution is -2.56. The van der Waals surface area contributed by atoms with E-state index < -0.39 is 30.3 Å². The summed E-state index contributed by atoms with van der Waals surface area (Å²) in [6.07, 6.45) is -3.53. The van der Waals surface area contributed by atoms with Gasteiger partial charge in [-0.2, -0.15) is 0 Å². The summed E-state index contributed by atoms with van der Waals surface area (Å²) in [6, 6.07) is 15.6. The SMILES string of the molecule is NCc1ccc(Cc2ccccc2O[C@@H]2C[C@H](CO)[C@@H](O)[C@H](O)[C@H]2O)cc1. The van der Waals surface area contributed by atoms with Gasteiger partial charge in [0, 0.05) is 25.5 Å². The molecule has 6 nitrogen and oxygen atoms in total. The minimum absolute atomic E-state index is 0.259. The molecule has 0 aliphatic heterocycles. The first kappa shape index (κ1) is 19.8. The topological polar surface area (TPSA) is 116 Å². The number of hydrogen-bond donors (Lipinski definition) is 5. The highest BCUT2D eigenvalue weighted by atomic mass is 16.5. The molecule has 5 atom stereocenters. The normalized spacial score (nSPS) is 28.1. The van der Waals surface area contributed by atoms with Crippen LogP contribution < -0.4 is 10.5 Å². The van der Waals surface area contributed by atoms with Gasteiger partial charge in [-0.1, -0.05) is 42.5 Å². The van der Waals surface area contributed by atoms with E-state index in [-0.39, 0.29) is 13.0 Å². The zero-order chi connectivity index (χ0) is 19.4. The zero-order valence-corrected chi connectivity index (χ0v) is 15.1. The fourth-order valence-corrected chi connectivity index (χ4v) is 3.52. The smallest absolute Gasteiger partial charge is 0.128 e. The summed E-state index contributed by atoms with van der Waals surface area (Å²) in [7, 11) is 0. The van der Waals surface area contributed by atoms with E-state index in [0.717, 1.165) is 16.7 Å². The van der Waals surface area contributed by atoms with Crippen LogP contribution in [0, 0.1) is 5.92 Å². The van der Waals surface area contributed by atoms with Crippen molar-refractivity contribution in [3.63, 3.8) is 0 Å². The Balaban J connectivity index is 1.77. The van der Waals surface area contributed by atoms with E-state index in [1.165, 1.54) is 0 Å². The van der Waals surface area contributed by atoms with Crippen molar-refractivity contribution >= 4 is 0 Å². The van der Waals surface area contributed by atoms with E-state index in [9.17, 15) is 20.4 Å². The van der Waals surface area contributed by atoms with Crippen molar-refractivity contribution in [2.75, 3.05) is 6.61 Å². The second-order valence-electron chi connectivity index (χ2n) is 7.11. The fourth-order valence-electron chi connectivity index (χ4n) is 3.52. The molecule has 1 saturated carbocycles. The van der Waals surface area contributed by atoms with Crippen LogP contribution in [0.2, 0.25) is 0 Å². The zero-order valence-electron chi connectivity index (χ0n) is 15.1. The van der Waals surface area contributed by atoms with Gasteiger partial charge < -0.3 is 30.9 Å². The summed E-state index contributed by atoms with van der Waals surface area (Å²) in [5.74, 6) is 0.0779. The summed E-state index contributed by atoms with van der Waals surface area (Å²) in [6.45, 7) is 0.222. The van der Waals surface area contributed by atoms with E-state index >= 15 is 0 Å². The van der Waals surface area contributed by atoms with Crippen LogP contribution in [-0.4, -0.2) is 51.4 Å². The molecule has 6 heteroatoms. The Labute approximate surface area is 158 Å². The number of para-hydroxylation sites is 1. The molecular formula is C21H27NO5. The van der Waals surface area contributed by atoms with Crippen LogP contribution in [0.1, 0.15) is 23.1 Å². The molecule has 0 aromatic heterocycles. The molecule has 0 heterocycles. The lowest BCUT2D eigenvalue weighted by atomic mass is 9.81. The van der Waals surface area contributed by atoms with Gasteiger partial charge >= 0.3 is 0 Å². The average Bonchev–Trinajstić information content (AvgIpc) is 2.70. The summed E-state index contributed by atoms with van der Waals surface area (Å²) in [5, 5.41) is 39.7. The Morgan fingerprint density at radius 1 is 0.889 bits per heavy atom. The molecule has 0 spiro atoms. The summed E-state index contributed by atoms with van der Waals surface area (Å²) in [5.41, 5.74) is 8.76. The molecule has 0 amide bonds. The summed E-state index contributed by atoms with van der Waals surface area (Å²) >= 11 is 0. The van der Waals surface area contributed by atoms with E-state index in [0.29, 0.717) is 18.7 Å². The predicted octanol–water partition coefficient (Wildman–Crippen LogP) is 0.578. The van der Waals surface area contributed by atoms with Crippen molar-refractivity contribution in [2.45, 2.75) is 43.8 Å². The van der Waals surface area contributed by atoms with Gasteiger partial charge in [0.25, 0.3) is 0 Å². The Morgan fingerprint density at radius 3 is 2.22 bits per heavy atom. The highest BCUT2D eigenvalue weighted by Crippen LogP contribution is 2.31. The van der Waals surface area contributed by atoms with Crippen molar-refractivity contribution in [3.05, 3.63) is 65.2 Å². The maximum Gasteiger partial charge on any atom is 0.128 e. The molecule has 0 bridgehead atoms. The van der Waals surface area contributed by atoms with Gasteiger partial charge in [0.1, 0.15) is 24.1 Å². The van der Waals surface area contributed by atoms with Crippen LogP contribution in [0.3, 0.4) is 0 Å². The lowest BCUT2D eigenvalue weighted by Gasteiger charge is -2.39. The number of benzene rings is 2. The van der Waals surface area contributed by atoms with Gasteiger partial charge in [-0.15, -0.1) is 0 Å². The predicted molar refractivity (Wildman–Crippen MR) is 101 cm³/mol. The number of aliphatic hydroxyl groups is 4. The minimum Gasteiger partial charge on any atom is -0.487 e. The van der Waals surface area contributed by atoms with Gasteiger partial charge in [-0.3, -0.25) is 0 Å². The fraction of sp³-hybridized carbons (Fsp3) is 0.429. The van der Waals surface area contributed by atoms with Crippen molar-refractivity contribution in [1.82, 2.24) is 0 Å². The van der Waals surface area contributed by atoms with Crippen molar-refractivity contribution < 1.29 is 25.2 Å². The highest BCUT2D eigenvalue weighted by molar-refractivity contribution is 5.38. The Morgan fingerprint density at radius 2 is 1.56 bits per heavy atom. The molecule has 27 heavy (non-hydrogen) atoms. The van der Waals surface area contributed by atoms with Crippen LogP contribution >= 0.6 is 0 Å². The van der Waals surface area contributed by atoms with Crippen molar-refractivity contribution in [2.24, 2.45) is 11.7 Å². The number of ether oxygens (including phenoxy) is 1. The van der Waals surface area contributed by atoms with Gasteiger partial charge in [0.05, 0.1) is 6.10 Å². The standard InChI is InChI=1S/C21H27NO5/c22-11-14-7-5-13(6-8-14)9-15-3-1-2-4-17(15)27-18-10-16(12-23)19(24)21(26)20(18)25/h1-8,16,18-21,23-26H,9-12,22H2/t16-,18-,19-,20+,21+/m1/s1. The van der Waals surface area contributed by atoms with E-state index in [2.05, 4.69) is 0 Å². The van der Waals surface area contributed by atoms with Crippen LogP contribution in [-0.2, 0) is 13.0 Å². The number of rotatable bonds is 6. The van der Waals surface area contributed by atoms with Crippen LogP contribution in [0.4, 0.5) is 0 Å². The summed E-state index contributed by atoms with van der Waals surface area (Å²) < 4.78 is 6.01. The van der Waals surface area contributed by atoms with Crippen LogP contribution in [0.15, 0.2) is 48.5 Å². The number of aliphatic hydroxyl groups excluding tert-OH is 4. The molecule has 6 N–H and O–H groups in total. The van der Waals surface area contributed by atoms with Gasteiger partial charge in [-0.05, 0) is 29.2 Å².